The number of hydrogen-bond acceptors (Lipinski definition) is 4. The van der Waals surface area contributed by atoms with Crippen LogP contribution in [0.4, 0.5) is 0 Å². The first kappa shape index (κ1) is 14.4. The average molecular weight is 257 g/mol. The minimum absolute atomic E-state index is 0.0392. The maximum Gasteiger partial charge on any atom is 0.361 e. The molecule has 0 radical (unpaired) electrons. The van der Waals surface area contributed by atoms with Gasteiger partial charge in [0.05, 0.1) is 18.5 Å². The van der Waals surface area contributed by atoms with Gasteiger partial charge in [0.1, 0.15) is 0 Å². The molecule has 4 nitrogen and oxygen atoms in total. The summed E-state index contributed by atoms with van der Waals surface area (Å²) in [5, 5.41) is 0.575. The molecule has 0 amide bonds. The SMILES string of the molecule is CCOP(=O)(OCC)c1ccc([C@@H](C)N)cc1. The lowest BCUT2D eigenvalue weighted by Gasteiger charge is -2.17. The van der Waals surface area contributed by atoms with Gasteiger partial charge in [-0.25, -0.2) is 0 Å². The maximum atomic E-state index is 12.4. The average Bonchev–Trinajstić information content (AvgIpc) is 2.30. The van der Waals surface area contributed by atoms with E-state index in [1.807, 2.05) is 19.1 Å². The van der Waals surface area contributed by atoms with Gasteiger partial charge < -0.3 is 14.8 Å². The molecule has 0 heterocycles. The monoisotopic (exact) mass is 257 g/mol. The van der Waals surface area contributed by atoms with E-state index in [1.165, 1.54) is 0 Å². The summed E-state index contributed by atoms with van der Waals surface area (Å²) in [6, 6.07) is 7.17. The van der Waals surface area contributed by atoms with E-state index in [1.54, 1.807) is 26.0 Å². The van der Waals surface area contributed by atoms with Gasteiger partial charge in [-0.1, -0.05) is 12.1 Å². The van der Waals surface area contributed by atoms with E-state index in [-0.39, 0.29) is 6.04 Å². The van der Waals surface area contributed by atoms with Gasteiger partial charge in [0, 0.05) is 6.04 Å². The summed E-state index contributed by atoms with van der Waals surface area (Å²) in [6.07, 6.45) is 0. The summed E-state index contributed by atoms with van der Waals surface area (Å²) in [5.74, 6) is 0. The lowest BCUT2D eigenvalue weighted by atomic mass is 10.1. The molecule has 1 aromatic rings. The van der Waals surface area contributed by atoms with E-state index in [0.717, 1.165) is 5.56 Å². The molecule has 0 aliphatic rings. The Morgan fingerprint density at radius 1 is 1.18 bits per heavy atom. The molecule has 0 aliphatic carbocycles. The first-order valence-corrected chi connectivity index (χ1v) is 7.33. The van der Waals surface area contributed by atoms with Crippen LogP contribution in [-0.2, 0) is 13.6 Å². The van der Waals surface area contributed by atoms with Crippen LogP contribution in [0.1, 0.15) is 32.4 Å². The third-order valence-electron chi connectivity index (χ3n) is 2.33. The van der Waals surface area contributed by atoms with Gasteiger partial charge in [0.25, 0.3) is 0 Å². The number of rotatable bonds is 6. The molecule has 0 aromatic heterocycles. The van der Waals surface area contributed by atoms with Crippen molar-refractivity contribution in [2.45, 2.75) is 26.8 Å². The molecular formula is C12H20NO3P. The molecule has 0 unspecified atom stereocenters. The fraction of sp³-hybridized carbons (Fsp3) is 0.500. The molecule has 0 saturated heterocycles. The molecule has 5 heteroatoms. The fourth-order valence-corrected chi connectivity index (χ4v) is 3.05. The third kappa shape index (κ3) is 3.65. The molecule has 0 bridgehead atoms. The van der Waals surface area contributed by atoms with E-state index < -0.39 is 7.60 Å². The molecule has 1 aromatic carbocycles. The first-order chi connectivity index (χ1) is 8.03. The topological polar surface area (TPSA) is 61.5 Å². The van der Waals surface area contributed by atoms with E-state index in [4.69, 9.17) is 14.8 Å². The van der Waals surface area contributed by atoms with Crippen molar-refractivity contribution in [2.75, 3.05) is 13.2 Å². The van der Waals surface area contributed by atoms with Crippen molar-refractivity contribution < 1.29 is 13.6 Å². The van der Waals surface area contributed by atoms with E-state index in [2.05, 4.69) is 0 Å². The second-order valence-corrected chi connectivity index (χ2v) is 5.74. The van der Waals surface area contributed by atoms with Crippen LogP contribution >= 0.6 is 7.60 Å². The van der Waals surface area contributed by atoms with E-state index in [9.17, 15) is 4.57 Å². The van der Waals surface area contributed by atoms with Crippen molar-refractivity contribution in [3.63, 3.8) is 0 Å². The quantitative estimate of drug-likeness (QED) is 0.796. The summed E-state index contributed by atoms with van der Waals surface area (Å²) < 4.78 is 22.9. The van der Waals surface area contributed by atoms with Crippen molar-refractivity contribution in [3.05, 3.63) is 29.8 Å². The van der Waals surface area contributed by atoms with Crippen LogP contribution < -0.4 is 11.0 Å². The minimum atomic E-state index is -3.16. The normalized spacial score (nSPS) is 13.6. The Morgan fingerprint density at radius 3 is 2.00 bits per heavy atom. The highest BCUT2D eigenvalue weighted by Gasteiger charge is 2.26. The maximum absolute atomic E-state index is 12.4. The zero-order valence-electron chi connectivity index (χ0n) is 10.6. The minimum Gasteiger partial charge on any atom is -0.324 e. The lowest BCUT2D eigenvalue weighted by Crippen LogP contribution is -2.12. The van der Waals surface area contributed by atoms with Gasteiger partial charge >= 0.3 is 7.60 Å². The smallest absolute Gasteiger partial charge is 0.324 e. The van der Waals surface area contributed by atoms with Gasteiger partial charge in [-0.05, 0) is 38.5 Å². The third-order valence-corrected chi connectivity index (χ3v) is 4.46. The molecule has 17 heavy (non-hydrogen) atoms. The Bertz CT molecular complexity index is 379. The Morgan fingerprint density at radius 2 is 1.65 bits per heavy atom. The van der Waals surface area contributed by atoms with Crippen LogP contribution in [0, 0.1) is 0 Å². The highest BCUT2D eigenvalue weighted by molar-refractivity contribution is 7.62. The predicted octanol–water partition coefficient (Wildman–Crippen LogP) is 2.60. The van der Waals surface area contributed by atoms with Crippen molar-refractivity contribution in [3.8, 4) is 0 Å². The molecule has 0 aliphatic heterocycles. The van der Waals surface area contributed by atoms with Gasteiger partial charge in [-0.3, -0.25) is 4.57 Å². The van der Waals surface area contributed by atoms with Crippen LogP contribution in [0.15, 0.2) is 24.3 Å². The van der Waals surface area contributed by atoms with E-state index in [0.29, 0.717) is 18.5 Å². The predicted molar refractivity (Wildman–Crippen MR) is 69.5 cm³/mol. The molecular weight excluding hydrogens is 237 g/mol. The zero-order valence-corrected chi connectivity index (χ0v) is 11.4. The van der Waals surface area contributed by atoms with E-state index >= 15 is 0 Å². The van der Waals surface area contributed by atoms with Crippen molar-refractivity contribution >= 4 is 12.9 Å². The standard InChI is InChI=1S/C12H20NO3P/c1-4-15-17(14,16-5-2)12-8-6-11(7-9-12)10(3)13/h6-10H,4-5,13H2,1-3H3/t10-/m1/s1. The Hall–Kier alpha value is -0.670. The number of nitrogens with two attached hydrogens (primary N) is 1. The second kappa shape index (κ2) is 6.31. The number of hydrogen-bond donors (Lipinski definition) is 1. The highest BCUT2D eigenvalue weighted by Crippen LogP contribution is 2.46. The Kier molecular flexibility index (Phi) is 5.34. The van der Waals surface area contributed by atoms with Crippen LogP contribution in [0.25, 0.3) is 0 Å². The summed E-state index contributed by atoms with van der Waals surface area (Å²) in [5.41, 5.74) is 6.75. The first-order valence-electron chi connectivity index (χ1n) is 5.78. The largest absolute Gasteiger partial charge is 0.361 e. The van der Waals surface area contributed by atoms with Crippen molar-refractivity contribution in [1.29, 1.82) is 0 Å². The van der Waals surface area contributed by atoms with Crippen LogP contribution in [0.2, 0.25) is 0 Å². The summed E-state index contributed by atoms with van der Waals surface area (Å²) in [4.78, 5) is 0. The molecule has 0 saturated carbocycles. The second-order valence-electron chi connectivity index (χ2n) is 3.71. The summed E-state index contributed by atoms with van der Waals surface area (Å²) in [6.45, 7) is 6.20. The Balaban J connectivity index is 2.99. The van der Waals surface area contributed by atoms with Crippen LogP contribution in [0.5, 0.6) is 0 Å². The van der Waals surface area contributed by atoms with Crippen LogP contribution in [-0.4, -0.2) is 13.2 Å². The van der Waals surface area contributed by atoms with Gasteiger partial charge in [0.15, 0.2) is 0 Å². The van der Waals surface area contributed by atoms with Crippen LogP contribution in [0.3, 0.4) is 0 Å². The highest BCUT2D eigenvalue weighted by atomic mass is 31.2. The summed E-state index contributed by atoms with van der Waals surface area (Å²) >= 11 is 0. The number of benzene rings is 1. The van der Waals surface area contributed by atoms with Gasteiger partial charge in [-0.2, -0.15) is 0 Å². The van der Waals surface area contributed by atoms with Gasteiger partial charge in [0.2, 0.25) is 0 Å². The zero-order chi connectivity index (χ0) is 12.9. The molecule has 0 spiro atoms. The molecule has 96 valence electrons. The molecule has 1 atom stereocenters. The molecule has 0 fully saturated rings. The van der Waals surface area contributed by atoms with Gasteiger partial charge in [-0.15, -0.1) is 0 Å². The summed E-state index contributed by atoms with van der Waals surface area (Å²) in [7, 11) is -3.16. The molecule has 2 N–H and O–H groups in total. The van der Waals surface area contributed by atoms with Crippen molar-refractivity contribution in [2.24, 2.45) is 5.73 Å². The van der Waals surface area contributed by atoms with Crippen molar-refractivity contribution in [1.82, 2.24) is 0 Å². The Labute approximate surface area is 103 Å². The molecule has 1 rings (SSSR count). The fourth-order valence-electron chi connectivity index (χ4n) is 1.49. The lowest BCUT2D eigenvalue weighted by molar-refractivity contribution is 0.230.